The second-order valence-electron chi connectivity index (χ2n) is 2.27. The fourth-order valence-corrected chi connectivity index (χ4v) is 0.550. The van der Waals surface area contributed by atoms with Gasteiger partial charge in [-0.3, -0.25) is 0 Å². The summed E-state index contributed by atoms with van der Waals surface area (Å²) in [5.41, 5.74) is 1.07. The molecule has 0 aliphatic rings. The summed E-state index contributed by atoms with van der Waals surface area (Å²) in [6, 6.07) is 1.77. The average Bonchev–Trinajstić information content (AvgIpc) is 1.84. The second-order valence-corrected chi connectivity index (χ2v) is 2.27. The van der Waals surface area contributed by atoms with Gasteiger partial charge in [0, 0.05) is 6.08 Å². The van der Waals surface area contributed by atoms with Gasteiger partial charge in [0.15, 0.2) is 0 Å². The van der Waals surface area contributed by atoms with Gasteiger partial charge >= 0.3 is 5.97 Å². The minimum absolute atomic E-state index is 0.164. The molecule has 0 aromatic heterocycles. The number of allylic oxidation sites excluding steroid dienone is 3. The summed E-state index contributed by atoms with van der Waals surface area (Å²) in [6.45, 7) is 3.60. The lowest BCUT2D eigenvalue weighted by Gasteiger charge is -1.87. The Morgan fingerprint density at radius 1 is 1.45 bits per heavy atom. The monoisotopic (exact) mass is 151 g/mol. The van der Waals surface area contributed by atoms with Gasteiger partial charge in [-0.1, -0.05) is 5.57 Å². The van der Waals surface area contributed by atoms with E-state index < -0.39 is 5.97 Å². The fraction of sp³-hybridized carbons (Fsp3) is 0.250. The van der Waals surface area contributed by atoms with Crippen molar-refractivity contribution in [1.29, 1.82) is 5.26 Å². The molecular formula is C8H9NO2. The largest absolute Gasteiger partial charge is 0.478 e. The Morgan fingerprint density at radius 2 is 2.00 bits per heavy atom. The molecule has 1 N–H and O–H groups in total. The van der Waals surface area contributed by atoms with Crippen molar-refractivity contribution in [1.82, 2.24) is 0 Å². The first-order chi connectivity index (χ1) is 5.06. The predicted molar refractivity (Wildman–Crippen MR) is 40.8 cm³/mol. The van der Waals surface area contributed by atoms with E-state index in [-0.39, 0.29) is 5.57 Å². The Morgan fingerprint density at radius 3 is 2.27 bits per heavy atom. The molecule has 0 fully saturated rings. The van der Waals surface area contributed by atoms with E-state index in [1.54, 1.807) is 19.9 Å². The minimum Gasteiger partial charge on any atom is -0.478 e. The molecule has 0 aliphatic heterocycles. The van der Waals surface area contributed by atoms with Crippen LogP contribution in [0, 0.1) is 11.3 Å². The van der Waals surface area contributed by atoms with E-state index in [1.165, 1.54) is 6.08 Å². The van der Waals surface area contributed by atoms with Gasteiger partial charge in [-0.25, -0.2) is 4.79 Å². The Bertz CT molecular complexity index is 252. The quantitative estimate of drug-likeness (QED) is 0.369. The zero-order valence-electron chi connectivity index (χ0n) is 6.46. The number of hydrogen-bond donors (Lipinski definition) is 1. The summed E-state index contributed by atoms with van der Waals surface area (Å²) in [6.07, 6.45) is 2.40. The molecular weight excluding hydrogens is 142 g/mol. The third kappa shape index (κ3) is 4.91. The molecule has 0 amide bonds. The molecule has 3 heteroatoms. The lowest BCUT2D eigenvalue weighted by Crippen LogP contribution is -1.89. The van der Waals surface area contributed by atoms with E-state index in [0.717, 1.165) is 11.6 Å². The van der Waals surface area contributed by atoms with Crippen molar-refractivity contribution in [3.05, 3.63) is 23.3 Å². The Balaban J connectivity index is 4.59. The number of carboxylic acids is 1. The van der Waals surface area contributed by atoms with Gasteiger partial charge in [0.2, 0.25) is 0 Å². The van der Waals surface area contributed by atoms with Crippen molar-refractivity contribution in [2.45, 2.75) is 13.8 Å². The number of carboxylic acid groups (broad SMARTS) is 1. The highest BCUT2D eigenvalue weighted by Crippen LogP contribution is 1.99. The molecule has 0 radical (unpaired) electrons. The Kier molecular flexibility index (Phi) is 3.68. The summed E-state index contributed by atoms with van der Waals surface area (Å²) < 4.78 is 0. The first-order valence-corrected chi connectivity index (χ1v) is 3.06. The van der Waals surface area contributed by atoms with Gasteiger partial charge < -0.3 is 5.11 Å². The average molecular weight is 151 g/mol. The summed E-state index contributed by atoms with van der Waals surface area (Å²) >= 11 is 0. The van der Waals surface area contributed by atoms with E-state index in [2.05, 4.69) is 0 Å². The molecule has 58 valence electrons. The molecule has 0 rings (SSSR count). The maximum atomic E-state index is 10.1. The van der Waals surface area contributed by atoms with Crippen LogP contribution in [0.2, 0.25) is 0 Å². The summed E-state index contributed by atoms with van der Waals surface area (Å²) in [5.74, 6) is -1.10. The van der Waals surface area contributed by atoms with E-state index in [1.807, 2.05) is 0 Å². The molecule has 0 atom stereocenters. The van der Waals surface area contributed by atoms with E-state index in [0.29, 0.717) is 0 Å². The standard InChI is InChI=1S/C8H9NO2/c1-6(2)3-7(5-9)4-8(10)11/h3-4H,1-2H3,(H,10,11)/b7-4+. The van der Waals surface area contributed by atoms with Crippen LogP contribution in [0.1, 0.15) is 13.8 Å². The van der Waals surface area contributed by atoms with Gasteiger partial charge in [0.05, 0.1) is 11.6 Å². The molecule has 0 spiro atoms. The van der Waals surface area contributed by atoms with Crippen LogP contribution in [-0.4, -0.2) is 11.1 Å². The molecule has 0 saturated heterocycles. The smallest absolute Gasteiger partial charge is 0.329 e. The number of nitriles is 1. The number of rotatable bonds is 2. The predicted octanol–water partition coefficient (Wildman–Crippen LogP) is 1.49. The first-order valence-electron chi connectivity index (χ1n) is 3.06. The summed E-state index contributed by atoms with van der Waals surface area (Å²) in [5, 5.41) is 16.7. The fourth-order valence-electron chi connectivity index (χ4n) is 0.550. The molecule has 0 bridgehead atoms. The molecule has 0 aromatic rings. The van der Waals surface area contributed by atoms with E-state index >= 15 is 0 Å². The van der Waals surface area contributed by atoms with Crippen molar-refractivity contribution in [3.8, 4) is 6.07 Å². The number of carbonyl (C=O) groups is 1. The topological polar surface area (TPSA) is 61.1 Å². The first kappa shape index (κ1) is 9.44. The molecule has 3 nitrogen and oxygen atoms in total. The van der Waals surface area contributed by atoms with E-state index in [4.69, 9.17) is 10.4 Å². The van der Waals surface area contributed by atoms with Gasteiger partial charge in [0.1, 0.15) is 0 Å². The number of nitrogens with zero attached hydrogens (tertiary/aromatic N) is 1. The van der Waals surface area contributed by atoms with Crippen molar-refractivity contribution in [2.75, 3.05) is 0 Å². The van der Waals surface area contributed by atoms with Crippen molar-refractivity contribution < 1.29 is 9.90 Å². The lowest BCUT2D eigenvalue weighted by molar-refractivity contribution is -0.131. The zero-order chi connectivity index (χ0) is 8.85. The minimum atomic E-state index is -1.10. The molecule has 0 unspecified atom stereocenters. The maximum Gasteiger partial charge on any atom is 0.329 e. The maximum absolute atomic E-state index is 10.1. The van der Waals surface area contributed by atoms with Gasteiger partial charge in [-0.2, -0.15) is 5.26 Å². The van der Waals surface area contributed by atoms with Crippen molar-refractivity contribution in [3.63, 3.8) is 0 Å². The van der Waals surface area contributed by atoms with Crippen LogP contribution in [0.15, 0.2) is 23.3 Å². The molecule has 0 aliphatic carbocycles. The molecule has 0 saturated carbocycles. The Labute approximate surface area is 65.3 Å². The van der Waals surface area contributed by atoms with Crippen LogP contribution in [0.4, 0.5) is 0 Å². The molecule has 11 heavy (non-hydrogen) atoms. The van der Waals surface area contributed by atoms with Crippen LogP contribution in [0.5, 0.6) is 0 Å². The Hall–Kier alpha value is -1.56. The van der Waals surface area contributed by atoms with Crippen LogP contribution >= 0.6 is 0 Å². The summed E-state index contributed by atoms with van der Waals surface area (Å²) in [4.78, 5) is 10.1. The van der Waals surface area contributed by atoms with Crippen LogP contribution in [-0.2, 0) is 4.79 Å². The van der Waals surface area contributed by atoms with Crippen LogP contribution in [0.3, 0.4) is 0 Å². The SMILES string of the molecule is CC(C)=C/C(C#N)=C\C(=O)O. The highest BCUT2D eigenvalue weighted by atomic mass is 16.4. The van der Waals surface area contributed by atoms with Crippen LogP contribution in [0.25, 0.3) is 0 Å². The normalized spacial score (nSPS) is 10.1. The third-order valence-electron chi connectivity index (χ3n) is 0.852. The molecule has 0 heterocycles. The van der Waals surface area contributed by atoms with Gasteiger partial charge in [-0.15, -0.1) is 0 Å². The third-order valence-corrected chi connectivity index (χ3v) is 0.852. The van der Waals surface area contributed by atoms with Crippen molar-refractivity contribution >= 4 is 5.97 Å². The van der Waals surface area contributed by atoms with E-state index in [9.17, 15) is 4.79 Å². The van der Waals surface area contributed by atoms with Gasteiger partial charge in [-0.05, 0) is 19.9 Å². The molecule has 0 aromatic carbocycles. The van der Waals surface area contributed by atoms with Crippen LogP contribution < -0.4 is 0 Å². The second kappa shape index (κ2) is 4.29. The highest BCUT2D eigenvalue weighted by Gasteiger charge is 1.94. The highest BCUT2D eigenvalue weighted by molar-refractivity contribution is 5.82. The summed E-state index contributed by atoms with van der Waals surface area (Å²) in [7, 11) is 0. The number of hydrogen-bond acceptors (Lipinski definition) is 2. The zero-order valence-corrected chi connectivity index (χ0v) is 6.46. The van der Waals surface area contributed by atoms with Gasteiger partial charge in [0.25, 0.3) is 0 Å². The van der Waals surface area contributed by atoms with Crippen molar-refractivity contribution in [2.24, 2.45) is 0 Å². The lowest BCUT2D eigenvalue weighted by atomic mass is 10.2. The number of aliphatic carboxylic acids is 1.